The van der Waals surface area contributed by atoms with Gasteiger partial charge in [0.25, 0.3) is 5.91 Å². The van der Waals surface area contributed by atoms with Crippen LogP contribution in [0.15, 0.2) is 24.9 Å². The Morgan fingerprint density at radius 2 is 2.00 bits per heavy atom. The molecule has 0 aliphatic carbocycles. The lowest BCUT2D eigenvalue weighted by molar-refractivity contribution is -0.153. The first-order valence-electron chi connectivity index (χ1n) is 9.52. The highest BCUT2D eigenvalue weighted by molar-refractivity contribution is 5.91. The van der Waals surface area contributed by atoms with Gasteiger partial charge in [-0.15, -0.1) is 0 Å². The van der Waals surface area contributed by atoms with Gasteiger partial charge in [-0.3, -0.25) is 9.78 Å². The molecule has 3 N–H and O–H groups in total. The Labute approximate surface area is 174 Å². The summed E-state index contributed by atoms with van der Waals surface area (Å²) in [6.45, 7) is 3.71. The molecule has 2 aromatic rings. The number of carbonyl (C=O) groups is 1. The molecule has 168 valence electrons. The monoisotopic (exact) mass is 442 g/mol. The topological polar surface area (TPSA) is 123 Å². The summed E-state index contributed by atoms with van der Waals surface area (Å²) >= 11 is 0. The van der Waals surface area contributed by atoms with Crippen molar-refractivity contribution in [1.82, 2.24) is 25.3 Å². The number of amides is 1. The van der Waals surface area contributed by atoms with Crippen LogP contribution in [0.3, 0.4) is 0 Å². The van der Waals surface area contributed by atoms with Gasteiger partial charge < -0.3 is 29.8 Å². The van der Waals surface area contributed by atoms with Gasteiger partial charge in [-0.25, -0.2) is 9.97 Å². The van der Waals surface area contributed by atoms with Gasteiger partial charge >= 0.3 is 6.18 Å². The first-order valence-corrected chi connectivity index (χ1v) is 9.52. The summed E-state index contributed by atoms with van der Waals surface area (Å²) < 4.78 is 56.6. The van der Waals surface area contributed by atoms with E-state index in [0.29, 0.717) is 11.9 Å². The van der Waals surface area contributed by atoms with E-state index in [1.165, 1.54) is 18.7 Å². The average Bonchev–Trinajstić information content (AvgIpc) is 3.34. The molecule has 31 heavy (non-hydrogen) atoms. The van der Waals surface area contributed by atoms with Crippen LogP contribution in [0.5, 0.6) is 0 Å². The van der Waals surface area contributed by atoms with Crippen molar-refractivity contribution in [2.45, 2.75) is 50.2 Å². The number of aromatic nitrogens is 4. The molecule has 2 saturated heterocycles. The highest BCUT2D eigenvalue weighted by atomic mass is 19.4. The Morgan fingerprint density at radius 3 is 2.71 bits per heavy atom. The molecule has 0 aromatic carbocycles. The van der Waals surface area contributed by atoms with Crippen molar-refractivity contribution >= 4 is 11.7 Å². The predicted octanol–water partition coefficient (Wildman–Crippen LogP) is 1.35. The van der Waals surface area contributed by atoms with Gasteiger partial charge in [0.2, 0.25) is 0 Å². The largest absolute Gasteiger partial charge is 0.434 e. The molecule has 4 atom stereocenters. The first kappa shape index (κ1) is 21.5. The molecular formula is C18H21F3N6O4. The third-order valence-corrected chi connectivity index (χ3v) is 4.88. The molecule has 0 saturated carbocycles. The van der Waals surface area contributed by atoms with E-state index in [0.717, 1.165) is 0 Å². The smallest absolute Gasteiger partial charge is 0.371 e. The lowest BCUT2D eigenvalue weighted by atomic mass is 9.98. The van der Waals surface area contributed by atoms with Gasteiger partial charge in [0.15, 0.2) is 11.5 Å². The molecule has 10 nitrogen and oxygen atoms in total. The number of halogens is 3. The second-order valence-electron chi connectivity index (χ2n) is 7.65. The summed E-state index contributed by atoms with van der Waals surface area (Å²) in [7, 11) is 0. The highest BCUT2D eigenvalue weighted by Gasteiger charge is 2.52. The van der Waals surface area contributed by atoms with E-state index >= 15 is 0 Å². The Morgan fingerprint density at radius 1 is 1.23 bits per heavy atom. The van der Waals surface area contributed by atoms with E-state index in [4.69, 9.17) is 14.2 Å². The molecule has 0 spiro atoms. The highest BCUT2D eigenvalue weighted by Crippen LogP contribution is 2.36. The van der Waals surface area contributed by atoms with Gasteiger partial charge in [0, 0.05) is 6.54 Å². The standard InChI is InChI=1S/C18H21F3N6O4/c1-17(2)30-14-10(26-13-6-22-5-12(27-13)18(19,20)21)7-29-11(15(14)31-17)4-24-16(28)9-3-23-8-25-9/h3,5-6,8,10-11,14-15H,4,7H2,1-2H3,(H,23,25)(H,24,28)(H,26,27)/t10-,11+,14+,15-/m0/s1. The number of imidazole rings is 1. The zero-order valence-electron chi connectivity index (χ0n) is 16.6. The van der Waals surface area contributed by atoms with E-state index < -0.39 is 42.0 Å². The van der Waals surface area contributed by atoms with E-state index in [1.807, 2.05) is 0 Å². The number of aromatic amines is 1. The van der Waals surface area contributed by atoms with Crippen molar-refractivity contribution in [1.29, 1.82) is 0 Å². The molecule has 0 unspecified atom stereocenters. The van der Waals surface area contributed by atoms with Crippen molar-refractivity contribution in [3.05, 3.63) is 36.3 Å². The molecule has 0 radical (unpaired) electrons. The number of rotatable bonds is 5. The second kappa shape index (κ2) is 8.05. The molecule has 13 heteroatoms. The number of hydrogen-bond donors (Lipinski definition) is 3. The lowest BCUT2D eigenvalue weighted by Crippen LogP contribution is -2.57. The first-order chi connectivity index (χ1) is 14.6. The Bertz CT molecular complexity index is 923. The molecule has 2 fully saturated rings. The number of ether oxygens (including phenoxy) is 3. The van der Waals surface area contributed by atoms with E-state index in [-0.39, 0.29) is 24.9 Å². The minimum absolute atomic E-state index is 0.0542. The maximum Gasteiger partial charge on any atom is 0.434 e. The number of alkyl halides is 3. The summed E-state index contributed by atoms with van der Waals surface area (Å²) in [5, 5.41) is 5.65. The molecule has 0 bridgehead atoms. The lowest BCUT2D eigenvalue weighted by Gasteiger charge is -2.37. The van der Waals surface area contributed by atoms with Gasteiger partial charge in [-0.2, -0.15) is 13.2 Å². The molecule has 2 aliphatic rings. The van der Waals surface area contributed by atoms with Crippen LogP contribution in [-0.2, 0) is 20.4 Å². The van der Waals surface area contributed by atoms with Crippen LogP contribution in [0.1, 0.15) is 30.0 Å². The van der Waals surface area contributed by atoms with E-state index in [1.54, 1.807) is 13.8 Å². The molecule has 2 aromatic heterocycles. The van der Waals surface area contributed by atoms with Crippen molar-refractivity contribution in [3.8, 4) is 0 Å². The summed E-state index contributed by atoms with van der Waals surface area (Å²) in [5.41, 5.74) is -0.798. The van der Waals surface area contributed by atoms with Gasteiger partial charge in [0.05, 0.1) is 37.6 Å². The van der Waals surface area contributed by atoms with Gasteiger partial charge in [-0.05, 0) is 13.8 Å². The van der Waals surface area contributed by atoms with Crippen LogP contribution in [0, 0.1) is 0 Å². The predicted molar refractivity (Wildman–Crippen MR) is 98.9 cm³/mol. The number of hydrogen-bond acceptors (Lipinski definition) is 8. The molecule has 1 amide bonds. The fourth-order valence-electron chi connectivity index (χ4n) is 3.56. The van der Waals surface area contributed by atoms with Crippen LogP contribution in [-0.4, -0.2) is 69.1 Å². The SMILES string of the molecule is CC1(C)O[C@@H]2[C@H](O1)[C@@H](Nc1cncc(C(F)(F)F)n1)CO[C@@H]2CNC(=O)c1cnc[nH]1. The number of fused-ring (bicyclic) bond motifs is 1. The molecule has 2 aliphatic heterocycles. The Balaban J connectivity index is 1.45. The number of nitrogens with one attached hydrogen (secondary N) is 3. The maximum absolute atomic E-state index is 12.9. The van der Waals surface area contributed by atoms with Crippen molar-refractivity contribution in [2.75, 3.05) is 18.5 Å². The van der Waals surface area contributed by atoms with Crippen molar-refractivity contribution in [3.63, 3.8) is 0 Å². The number of anilines is 1. The Kier molecular flexibility index (Phi) is 5.58. The third kappa shape index (κ3) is 4.78. The number of H-pyrrole nitrogens is 1. The normalized spacial score (nSPS) is 27.5. The quantitative estimate of drug-likeness (QED) is 0.634. The van der Waals surface area contributed by atoms with Gasteiger partial charge in [-0.1, -0.05) is 0 Å². The summed E-state index contributed by atoms with van der Waals surface area (Å²) in [6, 6.07) is -0.538. The minimum Gasteiger partial charge on any atom is -0.371 e. The maximum atomic E-state index is 12.9. The molecule has 4 heterocycles. The fourth-order valence-corrected chi connectivity index (χ4v) is 3.56. The second-order valence-corrected chi connectivity index (χ2v) is 7.65. The summed E-state index contributed by atoms with van der Waals surface area (Å²) in [4.78, 5) is 25.9. The molecule has 4 rings (SSSR count). The van der Waals surface area contributed by atoms with Crippen LogP contribution < -0.4 is 10.6 Å². The average molecular weight is 442 g/mol. The number of carbonyl (C=O) groups excluding carboxylic acids is 1. The Hall–Kier alpha value is -2.77. The van der Waals surface area contributed by atoms with Crippen molar-refractivity contribution in [2.24, 2.45) is 0 Å². The summed E-state index contributed by atoms with van der Waals surface area (Å²) in [6.07, 6.45) is -1.60. The van der Waals surface area contributed by atoms with E-state index in [9.17, 15) is 18.0 Å². The van der Waals surface area contributed by atoms with Crippen LogP contribution in [0.25, 0.3) is 0 Å². The van der Waals surface area contributed by atoms with Gasteiger partial charge in [0.1, 0.15) is 29.8 Å². The third-order valence-electron chi connectivity index (χ3n) is 4.88. The van der Waals surface area contributed by atoms with Crippen LogP contribution in [0.4, 0.5) is 19.0 Å². The zero-order valence-corrected chi connectivity index (χ0v) is 16.6. The fraction of sp³-hybridized carbons (Fsp3) is 0.556. The minimum atomic E-state index is -4.61. The zero-order chi connectivity index (χ0) is 22.2. The number of nitrogens with zero attached hydrogens (tertiary/aromatic N) is 3. The summed E-state index contributed by atoms with van der Waals surface area (Å²) in [5.74, 6) is -1.34. The van der Waals surface area contributed by atoms with Crippen LogP contribution >= 0.6 is 0 Å². The van der Waals surface area contributed by atoms with E-state index in [2.05, 4.69) is 30.6 Å². The molecular weight excluding hydrogens is 421 g/mol. The van der Waals surface area contributed by atoms with Crippen LogP contribution in [0.2, 0.25) is 0 Å². The van der Waals surface area contributed by atoms with Crippen molar-refractivity contribution < 1.29 is 32.2 Å².